The Labute approximate surface area is 119 Å². The second-order valence-corrected chi connectivity index (χ2v) is 4.03. The summed E-state index contributed by atoms with van der Waals surface area (Å²) in [7, 11) is 0. The van der Waals surface area contributed by atoms with Crippen LogP contribution in [0.3, 0.4) is 0 Å². The molecule has 0 aliphatic rings. The molecule has 0 N–H and O–H groups in total. The molecule has 112 valence electrons. The average Bonchev–Trinajstić information content (AvgIpc) is 2.45. The van der Waals surface area contributed by atoms with Gasteiger partial charge in [0.25, 0.3) is 0 Å². The minimum atomic E-state index is -4.69. The summed E-state index contributed by atoms with van der Waals surface area (Å²) in [6.45, 7) is 0.624. The summed E-state index contributed by atoms with van der Waals surface area (Å²) in [5, 5.41) is 0. The molecule has 2 aromatic carbocycles. The molecule has 2 rings (SSSR count). The van der Waals surface area contributed by atoms with Crippen LogP contribution in [0.15, 0.2) is 54.6 Å². The second kappa shape index (κ2) is 6.88. The summed E-state index contributed by atoms with van der Waals surface area (Å²) < 4.78 is 50.5. The van der Waals surface area contributed by atoms with Crippen LogP contribution in [0.4, 0.5) is 13.2 Å². The van der Waals surface area contributed by atoms with Crippen molar-refractivity contribution in [3.05, 3.63) is 54.6 Å². The first kappa shape index (κ1) is 15.0. The molecule has 0 aliphatic carbocycles. The standard InChI is InChI=1S/C15H13F3O3/c16-15(17,18)21-14-8-6-13(7-9-14)20-11-10-19-12-4-2-1-3-5-12/h1-9H,10-11H2. The average molecular weight is 298 g/mol. The number of hydrogen-bond donors (Lipinski definition) is 0. The SMILES string of the molecule is FC(F)(F)Oc1ccc(OCCOc2ccccc2)cc1. The van der Waals surface area contributed by atoms with E-state index in [1.54, 1.807) is 0 Å². The molecule has 0 saturated carbocycles. The zero-order valence-electron chi connectivity index (χ0n) is 11.0. The van der Waals surface area contributed by atoms with E-state index in [0.29, 0.717) is 12.4 Å². The molecule has 0 spiro atoms. The Bertz CT molecular complexity index is 538. The molecule has 0 fully saturated rings. The van der Waals surface area contributed by atoms with Crippen molar-refractivity contribution in [1.29, 1.82) is 0 Å². The van der Waals surface area contributed by atoms with Gasteiger partial charge in [-0.15, -0.1) is 13.2 Å². The third kappa shape index (κ3) is 5.64. The quantitative estimate of drug-likeness (QED) is 0.753. The van der Waals surface area contributed by atoms with E-state index < -0.39 is 6.36 Å². The van der Waals surface area contributed by atoms with E-state index in [9.17, 15) is 13.2 Å². The zero-order chi connectivity index (χ0) is 15.1. The van der Waals surface area contributed by atoms with Crippen molar-refractivity contribution in [2.24, 2.45) is 0 Å². The van der Waals surface area contributed by atoms with E-state index in [1.165, 1.54) is 24.3 Å². The van der Waals surface area contributed by atoms with E-state index in [0.717, 1.165) is 5.75 Å². The number of hydrogen-bond acceptors (Lipinski definition) is 3. The number of benzene rings is 2. The van der Waals surface area contributed by atoms with Crippen molar-refractivity contribution in [1.82, 2.24) is 0 Å². The highest BCUT2D eigenvalue weighted by Crippen LogP contribution is 2.24. The summed E-state index contributed by atoms with van der Waals surface area (Å²) in [4.78, 5) is 0. The largest absolute Gasteiger partial charge is 0.573 e. The molecule has 0 unspecified atom stereocenters. The normalized spacial score (nSPS) is 11.0. The van der Waals surface area contributed by atoms with E-state index >= 15 is 0 Å². The molecule has 3 nitrogen and oxygen atoms in total. The third-order valence-electron chi connectivity index (χ3n) is 2.42. The topological polar surface area (TPSA) is 27.7 Å². The highest BCUT2D eigenvalue weighted by molar-refractivity contribution is 5.31. The van der Waals surface area contributed by atoms with Crippen LogP contribution in [0.2, 0.25) is 0 Å². The monoisotopic (exact) mass is 298 g/mol. The molecule has 0 radical (unpaired) electrons. The molecular weight excluding hydrogens is 285 g/mol. The van der Waals surface area contributed by atoms with Crippen molar-refractivity contribution < 1.29 is 27.4 Å². The Kier molecular flexibility index (Phi) is 4.92. The molecule has 0 heterocycles. The number of alkyl halides is 3. The Morgan fingerprint density at radius 3 is 1.67 bits per heavy atom. The first-order chi connectivity index (χ1) is 10.0. The zero-order valence-corrected chi connectivity index (χ0v) is 11.0. The number of rotatable bonds is 6. The lowest BCUT2D eigenvalue weighted by Crippen LogP contribution is -2.17. The van der Waals surface area contributed by atoms with Crippen LogP contribution >= 0.6 is 0 Å². The minimum absolute atomic E-state index is 0.282. The molecular formula is C15H13F3O3. The summed E-state index contributed by atoms with van der Waals surface area (Å²) in [5.41, 5.74) is 0. The predicted octanol–water partition coefficient (Wildman–Crippen LogP) is 4.04. The van der Waals surface area contributed by atoms with Gasteiger partial charge in [-0.2, -0.15) is 0 Å². The lowest BCUT2D eigenvalue weighted by Gasteiger charge is -2.10. The lowest BCUT2D eigenvalue weighted by molar-refractivity contribution is -0.274. The van der Waals surface area contributed by atoms with Gasteiger partial charge in [0, 0.05) is 0 Å². The third-order valence-corrected chi connectivity index (χ3v) is 2.42. The van der Waals surface area contributed by atoms with Gasteiger partial charge >= 0.3 is 6.36 Å². The molecule has 0 aromatic heterocycles. The Balaban J connectivity index is 1.74. The first-order valence-corrected chi connectivity index (χ1v) is 6.19. The maximum atomic E-state index is 12.0. The van der Waals surface area contributed by atoms with E-state index in [-0.39, 0.29) is 12.4 Å². The highest BCUT2D eigenvalue weighted by Gasteiger charge is 2.30. The molecule has 6 heteroatoms. The van der Waals surface area contributed by atoms with Crippen LogP contribution in [-0.4, -0.2) is 19.6 Å². The van der Waals surface area contributed by atoms with Crippen LogP contribution < -0.4 is 14.2 Å². The fourth-order valence-corrected chi connectivity index (χ4v) is 1.57. The van der Waals surface area contributed by atoms with E-state index in [2.05, 4.69) is 4.74 Å². The fraction of sp³-hybridized carbons (Fsp3) is 0.200. The summed E-state index contributed by atoms with van der Waals surface area (Å²) >= 11 is 0. The van der Waals surface area contributed by atoms with Gasteiger partial charge in [0.2, 0.25) is 0 Å². The number of para-hydroxylation sites is 1. The van der Waals surface area contributed by atoms with Gasteiger partial charge in [-0.25, -0.2) is 0 Å². The van der Waals surface area contributed by atoms with Gasteiger partial charge in [-0.1, -0.05) is 18.2 Å². The van der Waals surface area contributed by atoms with Crippen LogP contribution in [0.25, 0.3) is 0 Å². The molecule has 0 saturated heterocycles. The molecule has 0 aliphatic heterocycles. The van der Waals surface area contributed by atoms with E-state index in [4.69, 9.17) is 9.47 Å². The summed E-state index contributed by atoms with van der Waals surface area (Å²) in [6.07, 6.45) is -4.69. The van der Waals surface area contributed by atoms with Crippen molar-refractivity contribution in [2.75, 3.05) is 13.2 Å². The van der Waals surface area contributed by atoms with Crippen LogP contribution in [0.1, 0.15) is 0 Å². The minimum Gasteiger partial charge on any atom is -0.490 e. The Hall–Kier alpha value is -2.37. The molecule has 2 aromatic rings. The van der Waals surface area contributed by atoms with Crippen LogP contribution in [0.5, 0.6) is 17.2 Å². The van der Waals surface area contributed by atoms with Crippen LogP contribution in [0, 0.1) is 0 Å². The summed E-state index contributed by atoms with van der Waals surface area (Å²) in [5.74, 6) is 0.895. The highest BCUT2D eigenvalue weighted by atomic mass is 19.4. The van der Waals surface area contributed by atoms with Crippen molar-refractivity contribution >= 4 is 0 Å². The lowest BCUT2D eigenvalue weighted by atomic mass is 10.3. The van der Waals surface area contributed by atoms with Crippen molar-refractivity contribution in [3.63, 3.8) is 0 Å². The smallest absolute Gasteiger partial charge is 0.490 e. The van der Waals surface area contributed by atoms with Gasteiger partial charge in [-0.05, 0) is 36.4 Å². The van der Waals surface area contributed by atoms with Gasteiger partial charge in [0.15, 0.2) is 0 Å². The molecule has 0 atom stereocenters. The fourth-order valence-electron chi connectivity index (χ4n) is 1.57. The second-order valence-electron chi connectivity index (χ2n) is 4.03. The Morgan fingerprint density at radius 2 is 1.14 bits per heavy atom. The number of ether oxygens (including phenoxy) is 3. The van der Waals surface area contributed by atoms with Crippen LogP contribution in [-0.2, 0) is 0 Å². The molecule has 0 bridgehead atoms. The maximum Gasteiger partial charge on any atom is 0.573 e. The predicted molar refractivity (Wildman–Crippen MR) is 70.6 cm³/mol. The maximum absolute atomic E-state index is 12.0. The van der Waals surface area contributed by atoms with Gasteiger partial charge in [0.05, 0.1) is 0 Å². The number of halogens is 3. The van der Waals surface area contributed by atoms with Gasteiger partial charge in [0.1, 0.15) is 30.5 Å². The summed E-state index contributed by atoms with van der Waals surface area (Å²) in [6, 6.07) is 14.4. The molecule has 0 amide bonds. The van der Waals surface area contributed by atoms with Crippen molar-refractivity contribution in [3.8, 4) is 17.2 Å². The van der Waals surface area contributed by atoms with Crippen molar-refractivity contribution in [2.45, 2.75) is 6.36 Å². The Morgan fingerprint density at radius 1 is 0.667 bits per heavy atom. The van der Waals surface area contributed by atoms with Gasteiger partial charge < -0.3 is 14.2 Å². The van der Waals surface area contributed by atoms with Gasteiger partial charge in [-0.3, -0.25) is 0 Å². The molecule has 21 heavy (non-hydrogen) atoms. The first-order valence-electron chi connectivity index (χ1n) is 6.19. The van der Waals surface area contributed by atoms with E-state index in [1.807, 2.05) is 30.3 Å².